The Hall–Kier alpha value is 1.26. The van der Waals surface area contributed by atoms with Crippen LogP contribution in [0.4, 0.5) is 0 Å². The van der Waals surface area contributed by atoms with Crippen LogP contribution >= 0.6 is 0 Å². The van der Waals surface area contributed by atoms with Crippen molar-refractivity contribution in [3.05, 3.63) is 0 Å². The first-order valence-electron chi connectivity index (χ1n) is 0. The molecule has 0 aromatic rings. The number of hydrogen-bond donors (Lipinski definition) is 0. The van der Waals surface area contributed by atoms with E-state index in [0.29, 0.717) is 0 Å². The normalized spacial score (nSPS) is 0. The monoisotopic (exact) mass is 186 g/mol. The molecule has 0 aliphatic carbocycles. The molecule has 4 N–H and O–H groups in total. The van der Waals surface area contributed by atoms with Gasteiger partial charge >= 0.3 is 0 Å². The summed E-state index contributed by atoms with van der Waals surface area (Å²) in [6, 6.07) is 0. The molecule has 2 nitrogen and oxygen atoms in total. The zero-order valence-corrected chi connectivity index (χ0v) is 5.15. The zero-order chi connectivity index (χ0) is 0. The standard InChI is InChI=1S/2H2O.Ru.Ti/h2*1H2;;. The Kier molecular flexibility index (Phi) is 430. The first-order chi connectivity index (χ1) is 0. The van der Waals surface area contributed by atoms with Gasteiger partial charge < -0.3 is 11.0 Å². The number of rotatable bonds is 0. The maximum atomic E-state index is 0. The summed E-state index contributed by atoms with van der Waals surface area (Å²) < 4.78 is 0. The summed E-state index contributed by atoms with van der Waals surface area (Å²) >= 11 is 0. The van der Waals surface area contributed by atoms with E-state index >= 15 is 0 Å². The van der Waals surface area contributed by atoms with Crippen molar-refractivity contribution in [1.29, 1.82) is 0 Å². The quantitative estimate of drug-likeness (QED) is 0.405. The molecule has 4 heavy (non-hydrogen) atoms. The van der Waals surface area contributed by atoms with E-state index in [1.165, 1.54) is 0 Å². The van der Waals surface area contributed by atoms with Crippen molar-refractivity contribution in [2.24, 2.45) is 0 Å². The predicted molar refractivity (Wildman–Crippen MR) is 7.23 cm³/mol. The smallest absolute Gasteiger partial charge is 0 e. The first-order valence-corrected chi connectivity index (χ1v) is 0. The Morgan fingerprint density at radius 3 is 0.750 bits per heavy atom. The van der Waals surface area contributed by atoms with Gasteiger partial charge in [0.05, 0.1) is 0 Å². The second kappa shape index (κ2) is 28.6. The van der Waals surface area contributed by atoms with Gasteiger partial charge in [-0.2, -0.15) is 0 Å². The van der Waals surface area contributed by atoms with E-state index in [2.05, 4.69) is 0 Å². The van der Waals surface area contributed by atoms with Crippen molar-refractivity contribution in [2.75, 3.05) is 0 Å². The molecule has 0 fully saturated rings. The molecule has 28 valence electrons. The molecular weight excluding hydrogens is 181 g/mol. The SMILES string of the molecule is O.O.[Ru].[Ti]. The van der Waals surface area contributed by atoms with E-state index in [1.54, 1.807) is 0 Å². The van der Waals surface area contributed by atoms with E-state index in [0.717, 1.165) is 0 Å². The van der Waals surface area contributed by atoms with E-state index in [9.17, 15) is 0 Å². The Balaban J connectivity index is 0. The molecule has 0 aromatic heterocycles. The molecule has 0 aromatic carbocycles. The van der Waals surface area contributed by atoms with Crippen molar-refractivity contribution < 1.29 is 52.1 Å². The summed E-state index contributed by atoms with van der Waals surface area (Å²) in [5, 5.41) is 0. The Labute approximate surface area is 52.2 Å². The van der Waals surface area contributed by atoms with Gasteiger partial charge in [-0.05, 0) is 0 Å². The largest absolute Gasteiger partial charge is 0.412 e. The van der Waals surface area contributed by atoms with Crippen LogP contribution in [0.2, 0.25) is 0 Å². The first kappa shape index (κ1) is 60.3. The molecule has 0 rings (SSSR count). The van der Waals surface area contributed by atoms with Crippen LogP contribution in [0.25, 0.3) is 0 Å². The molecule has 0 atom stereocenters. The molecule has 0 saturated carbocycles. The second-order valence-electron chi connectivity index (χ2n) is 0. The van der Waals surface area contributed by atoms with Gasteiger partial charge in [0.15, 0.2) is 0 Å². The van der Waals surface area contributed by atoms with E-state index < -0.39 is 0 Å². The molecular formula is H4O2RuTi. The van der Waals surface area contributed by atoms with E-state index in [1.807, 2.05) is 0 Å². The van der Waals surface area contributed by atoms with Gasteiger partial charge in [-0.25, -0.2) is 0 Å². The maximum absolute atomic E-state index is 0. The van der Waals surface area contributed by atoms with Crippen LogP contribution in [0.1, 0.15) is 0 Å². The van der Waals surface area contributed by atoms with Gasteiger partial charge in [0.2, 0.25) is 0 Å². The van der Waals surface area contributed by atoms with Crippen molar-refractivity contribution in [3.63, 3.8) is 0 Å². The Morgan fingerprint density at radius 1 is 0.750 bits per heavy atom. The minimum absolute atomic E-state index is 0. The van der Waals surface area contributed by atoms with Gasteiger partial charge in [0.25, 0.3) is 0 Å². The summed E-state index contributed by atoms with van der Waals surface area (Å²) in [7, 11) is 0. The molecule has 0 bridgehead atoms. The molecule has 0 aliphatic rings. The van der Waals surface area contributed by atoms with Crippen LogP contribution in [0.5, 0.6) is 0 Å². The minimum Gasteiger partial charge on any atom is -0.412 e. The molecule has 0 heterocycles. The van der Waals surface area contributed by atoms with E-state index in [-0.39, 0.29) is 52.1 Å². The Morgan fingerprint density at radius 2 is 0.750 bits per heavy atom. The van der Waals surface area contributed by atoms with Crippen LogP contribution < -0.4 is 0 Å². The van der Waals surface area contributed by atoms with Gasteiger partial charge in [-0.1, -0.05) is 0 Å². The van der Waals surface area contributed by atoms with Crippen molar-refractivity contribution >= 4 is 0 Å². The van der Waals surface area contributed by atoms with Gasteiger partial charge in [-0.3, -0.25) is 0 Å². The zero-order valence-electron chi connectivity index (χ0n) is 1.85. The summed E-state index contributed by atoms with van der Waals surface area (Å²) in [5.41, 5.74) is 0. The average molecular weight is 185 g/mol. The second-order valence-corrected chi connectivity index (χ2v) is 0. The van der Waals surface area contributed by atoms with Crippen molar-refractivity contribution in [2.45, 2.75) is 0 Å². The third-order valence-electron chi connectivity index (χ3n) is 0. The van der Waals surface area contributed by atoms with Crippen molar-refractivity contribution in [3.8, 4) is 0 Å². The summed E-state index contributed by atoms with van der Waals surface area (Å²) in [6.45, 7) is 0. The van der Waals surface area contributed by atoms with Gasteiger partial charge in [0.1, 0.15) is 0 Å². The third kappa shape index (κ3) is 10.5. The molecule has 0 unspecified atom stereocenters. The van der Waals surface area contributed by atoms with E-state index in [4.69, 9.17) is 0 Å². The fraction of sp³-hybridized carbons (Fsp3) is 0. The fourth-order valence-corrected chi connectivity index (χ4v) is 0. The molecule has 0 saturated heterocycles. The van der Waals surface area contributed by atoms with Crippen molar-refractivity contribution in [1.82, 2.24) is 0 Å². The molecule has 0 radical (unpaired) electrons. The third-order valence-corrected chi connectivity index (χ3v) is 0. The summed E-state index contributed by atoms with van der Waals surface area (Å²) in [4.78, 5) is 0. The molecule has 0 spiro atoms. The average Bonchev–Trinajstić information content (AvgIpc) is 0. The molecule has 4 heteroatoms. The fourth-order valence-electron chi connectivity index (χ4n) is 0. The van der Waals surface area contributed by atoms with Crippen LogP contribution in [0.15, 0.2) is 0 Å². The van der Waals surface area contributed by atoms with Crippen LogP contribution in [-0.4, -0.2) is 11.0 Å². The topological polar surface area (TPSA) is 63.0 Å². The van der Waals surface area contributed by atoms with Gasteiger partial charge in [0, 0.05) is 41.2 Å². The molecule has 0 aliphatic heterocycles. The summed E-state index contributed by atoms with van der Waals surface area (Å²) in [5.74, 6) is 0. The van der Waals surface area contributed by atoms with Crippen LogP contribution in [0.3, 0.4) is 0 Å². The van der Waals surface area contributed by atoms with Gasteiger partial charge in [-0.15, -0.1) is 0 Å². The van der Waals surface area contributed by atoms with Crippen LogP contribution in [-0.2, 0) is 41.2 Å². The van der Waals surface area contributed by atoms with Crippen LogP contribution in [0, 0.1) is 0 Å². The Bertz CT molecular complexity index is 6.00. The maximum Gasteiger partial charge on any atom is 0 e. The predicted octanol–water partition coefficient (Wildman–Crippen LogP) is -1.65. The molecule has 0 amide bonds. The summed E-state index contributed by atoms with van der Waals surface area (Å²) in [6.07, 6.45) is 0. The number of hydrogen-bond acceptors (Lipinski definition) is 0. The minimum atomic E-state index is 0.